The summed E-state index contributed by atoms with van der Waals surface area (Å²) in [5.41, 5.74) is 2.45. The highest BCUT2D eigenvalue weighted by atomic mass is 16.1. The quantitative estimate of drug-likeness (QED) is 0.628. The molecule has 1 aromatic rings. The maximum Gasteiger partial charge on any atom is 0.127 e. The van der Waals surface area contributed by atoms with Gasteiger partial charge in [-0.2, -0.15) is 0 Å². The molecule has 1 aromatic carbocycles. The molecule has 0 amide bonds. The average Bonchev–Trinajstić information content (AvgIpc) is 2.77. The molecule has 3 heteroatoms. The molecule has 0 radical (unpaired) electrons. The minimum absolute atomic E-state index is 0.125. The third-order valence-electron chi connectivity index (χ3n) is 5.19. The average molecular weight is 286 g/mol. The Hall–Kier alpha value is -1.51. The molecule has 114 valence electrons. The monoisotopic (exact) mass is 286 g/mol. The fraction of sp³-hybridized carbons (Fsp3) is 0.611. The number of aldehydes is 1. The van der Waals surface area contributed by atoms with Gasteiger partial charge in [-0.25, -0.2) is 0 Å². The van der Waals surface area contributed by atoms with Crippen LogP contribution in [0.1, 0.15) is 38.5 Å². The number of benzene rings is 1. The molecule has 0 N–H and O–H groups in total. The van der Waals surface area contributed by atoms with Crippen LogP contribution in [0.5, 0.6) is 0 Å². The van der Waals surface area contributed by atoms with E-state index in [1.165, 1.54) is 43.3 Å². The smallest absolute Gasteiger partial charge is 0.127 e. The molecule has 2 aliphatic rings. The van der Waals surface area contributed by atoms with Crippen LogP contribution in [0.25, 0.3) is 0 Å². The standard InChI is InChI=1S/C18H26N2O/c1-19-12-13-20(17-9-5-4-8-16(17)19)14-18(15-21)10-6-2-3-7-11-18/h4-5,8-9,15H,2-3,6-7,10-14H2,1H3. The van der Waals surface area contributed by atoms with Gasteiger partial charge < -0.3 is 14.6 Å². The fourth-order valence-corrected chi connectivity index (χ4v) is 3.86. The van der Waals surface area contributed by atoms with Crippen LogP contribution in [0, 0.1) is 5.41 Å². The van der Waals surface area contributed by atoms with Crippen LogP contribution in [0.4, 0.5) is 11.4 Å². The van der Waals surface area contributed by atoms with Crippen molar-refractivity contribution in [3.8, 4) is 0 Å². The van der Waals surface area contributed by atoms with E-state index in [0.717, 1.165) is 32.5 Å². The minimum atomic E-state index is -0.125. The van der Waals surface area contributed by atoms with E-state index >= 15 is 0 Å². The first-order valence-corrected chi connectivity index (χ1v) is 8.26. The summed E-state index contributed by atoms with van der Waals surface area (Å²) in [4.78, 5) is 16.6. The van der Waals surface area contributed by atoms with Gasteiger partial charge in [0.1, 0.15) is 6.29 Å². The van der Waals surface area contributed by atoms with E-state index in [4.69, 9.17) is 0 Å². The molecule has 0 aromatic heterocycles. The molecule has 0 spiro atoms. The van der Waals surface area contributed by atoms with Gasteiger partial charge in [0.2, 0.25) is 0 Å². The summed E-state index contributed by atoms with van der Waals surface area (Å²) in [5.74, 6) is 0. The Morgan fingerprint density at radius 2 is 1.71 bits per heavy atom. The van der Waals surface area contributed by atoms with Gasteiger partial charge in [0, 0.05) is 32.1 Å². The van der Waals surface area contributed by atoms with Crippen LogP contribution in [0.2, 0.25) is 0 Å². The summed E-state index contributed by atoms with van der Waals surface area (Å²) in [6, 6.07) is 8.58. The van der Waals surface area contributed by atoms with Crippen molar-refractivity contribution in [2.24, 2.45) is 5.41 Å². The molecule has 0 atom stereocenters. The van der Waals surface area contributed by atoms with Crippen molar-refractivity contribution < 1.29 is 4.79 Å². The van der Waals surface area contributed by atoms with E-state index in [2.05, 4.69) is 41.1 Å². The molecular weight excluding hydrogens is 260 g/mol. The van der Waals surface area contributed by atoms with Crippen LogP contribution in [-0.2, 0) is 4.79 Å². The summed E-state index contributed by atoms with van der Waals surface area (Å²) in [6.07, 6.45) is 8.36. The lowest BCUT2D eigenvalue weighted by Crippen LogP contribution is -2.45. The van der Waals surface area contributed by atoms with Gasteiger partial charge in [-0.05, 0) is 25.0 Å². The first kappa shape index (κ1) is 14.4. The maximum absolute atomic E-state index is 11.8. The molecule has 0 bridgehead atoms. The molecule has 3 nitrogen and oxygen atoms in total. The van der Waals surface area contributed by atoms with Gasteiger partial charge in [0.05, 0.1) is 11.4 Å². The Balaban J connectivity index is 1.84. The third kappa shape index (κ3) is 2.92. The summed E-state index contributed by atoms with van der Waals surface area (Å²) in [6.45, 7) is 2.94. The number of hydrogen-bond donors (Lipinski definition) is 0. The lowest BCUT2D eigenvalue weighted by molar-refractivity contribution is -0.116. The predicted octanol–water partition coefficient (Wildman–Crippen LogP) is 3.48. The molecule has 3 rings (SSSR count). The highest BCUT2D eigenvalue weighted by molar-refractivity contribution is 5.74. The molecule has 0 unspecified atom stereocenters. The predicted molar refractivity (Wildman–Crippen MR) is 88.1 cm³/mol. The van der Waals surface area contributed by atoms with E-state index in [9.17, 15) is 4.79 Å². The van der Waals surface area contributed by atoms with E-state index < -0.39 is 0 Å². The Kier molecular flexibility index (Phi) is 4.18. The molecular formula is C18H26N2O. The second-order valence-corrected chi connectivity index (χ2v) is 6.73. The largest absolute Gasteiger partial charge is 0.371 e. The first-order chi connectivity index (χ1) is 10.2. The SMILES string of the molecule is CN1CCN(CC2(C=O)CCCCCC2)c2ccccc21. The van der Waals surface area contributed by atoms with Crippen molar-refractivity contribution in [1.29, 1.82) is 0 Å². The molecule has 1 heterocycles. The second kappa shape index (κ2) is 6.08. The van der Waals surface area contributed by atoms with E-state index in [1.807, 2.05) is 0 Å². The molecule has 21 heavy (non-hydrogen) atoms. The number of anilines is 2. The summed E-state index contributed by atoms with van der Waals surface area (Å²) in [7, 11) is 2.15. The fourth-order valence-electron chi connectivity index (χ4n) is 3.86. The number of para-hydroxylation sites is 2. The first-order valence-electron chi connectivity index (χ1n) is 8.26. The number of hydrogen-bond acceptors (Lipinski definition) is 3. The molecule has 0 saturated heterocycles. The summed E-state index contributed by atoms with van der Waals surface area (Å²) < 4.78 is 0. The Labute approximate surface area is 127 Å². The molecule has 1 fully saturated rings. The lowest BCUT2D eigenvalue weighted by atomic mass is 9.81. The van der Waals surface area contributed by atoms with Crippen molar-refractivity contribution >= 4 is 17.7 Å². The van der Waals surface area contributed by atoms with Crippen molar-refractivity contribution in [3.05, 3.63) is 24.3 Å². The van der Waals surface area contributed by atoms with Crippen LogP contribution < -0.4 is 9.80 Å². The van der Waals surface area contributed by atoms with Gasteiger partial charge in [0.25, 0.3) is 0 Å². The van der Waals surface area contributed by atoms with Gasteiger partial charge in [-0.1, -0.05) is 37.8 Å². The Bertz CT molecular complexity index is 492. The number of fused-ring (bicyclic) bond motifs is 1. The highest BCUT2D eigenvalue weighted by Crippen LogP contribution is 2.38. The molecule has 1 saturated carbocycles. The number of rotatable bonds is 3. The summed E-state index contributed by atoms with van der Waals surface area (Å²) >= 11 is 0. The van der Waals surface area contributed by atoms with E-state index in [-0.39, 0.29) is 5.41 Å². The van der Waals surface area contributed by atoms with Crippen molar-refractivity contribution in [2.75, 3.05) is 36.5 Å². The lowest BCUT2D eigenvalue weighted by Gasteiger charge is -2.41. The normalized spacial score (nSPS) is 21.6. The topological polar surface area (TPSA) is 23.6 Å². The van der Waals surface area contributed by atoms with E-state index in [1.54, 1.807) is 0 Å². The number of carbonyl (C=O) groups is 1. The van der Waals surface area contributed by atoms with Crippen LogP contribution in [0.3, 0.4) is 0 Å². The molecule has 1 aliphatic heterocycles. The third-order valence-corrected chi connectivity index (χ3v) is 5.19. The van der Waals surface area contributed by atoms with Gasteiger partial charge in [-0.3, -0.25) is 0 Å². The van der Waals surface area contributed by atoms with Crippen molar-refractivity contribution in [3.63, 3.8) is 0 Å². The second-order valence-electron chi connectivity index (χ2n) is 6.73. The van der Waals surface area contributed by atoms with Crippen LogP contribution in [0.15, 0.2) is 24.3 Å². The van der Waals surface area contributed by atoms with E-state index in [0.29, 0.717) is 0 Å². The zero-order chi connectivity index (χ0) is 14.7. The van der Waals surface area contributed by atoms with Gasteiger partial charge in [-0.15, -0.1) is 0 Å². The molecule has 1 aliphatic carbocycles. The van der Waals surface area contributed by atoms with Gasteiger partial charge >= 0.3 is 0 Å². The van der Waals surface area contributed by atoms with Crippen molar-refractivity contribution in [1.82, 2.24) is 0 Å². The van der Waals surface area contributed by atoms with Crippen molar-refractivity contribution in [2.45, 2.75) is 38.5 Å². The van der Waals surface area contributed by atoms with Gasteiger partial charge in [0.15, 0.2) is 0 Å². The number of carbonyl (C=O) groups excluding carboxylic acids is 1. The van der Waals surface area contributed by atoms with Crippen LogP contribution >= 0.6 is 0 Å². The minimum Gasteiger partial charge on any atom is -0.371 e. The zero-order valence-electron chi connectivity index (χ0n) is 13.1. The summed E-state index contributed by atoms with van der Waals surface area (Å²) in [5, 5.41) is 0. The number of nitrogens with zero attached hydrogens (tertiary/aromatic N) is 2. The highest BCUT2D eigenvalue weighted by Gasteiger charge is 2.34. The Morgan fingerprint density at radius 1 is 1.05 bits per heavy atom. The maximum atomic E-state index is 11.8. The number of likely N-dealkylation sites (N-methyl/N-ethyl adjacent to an activating group) is 1. The Morgan fingerprint density at radius 3 is 2.38 bits per heavy atom. The zero-order valence-corrected chi connectivity index (χ0v) is 13.1. The van der Waals surface area contributed by atoms with Crippen LogP contribution in [-0.4, -0.2) is 33.0 Å².